The van der Waals surface area contributed by atoms with E-state index in [1.807, 2.05) is 0 Å². The van der Waals surface area contributed by atoms with Crippen LogP contribution < -0.4 is 15.9 Å². The molecule has 0 saturated heterocycles. The second kappa shape index (κ2) is 8.94. The van der Waals surface area contributed by atoms with Crippen molar-refractivity contribution in [1.29, 1.82) is 0 Å². The van der Waals surface area contributed by atoms with E-state index in [2.05, 4.69) is 15.5 Å². The molecule has 1 aromatic heterocycles. The fraction of sp³-hybridized carbons (Fsp3) is 0.167. The van der Waals surface area contributed by atoms with Crippen LogP contribution >= 0.6 is 23.4 Å². The van der Waals surface area contributed by atoms with Gasteiger partial charge in [0.1, 0.15) is 6.61 Å². The van der Waals surface area contributed by atoms with E-state index in [9.17, 15) is 9.18 Å². The van der Waals surface area contributed by atoms with Crippen LogP contribution in [0.3, 0.4) is 0 Å². The number of nitrogen functional groups attached to an aromatic ring is 1. The molecule has 0 radical (unpaired) electrons. The van der Waals surface area contributed by atoms with Gasteiger partial charge in [-0.1, -0.05) is 41.6 Å². The lowest BCUT2D eigenvalue weighted by molar-refractivity contribution is -0.115. The molecule has 10 heteroatoms. The minimum absolute atomic E-state index is 0.0614. The Kier molecular flexibility index (Phi) is 6.37. The summed E-state index contributed by atoms with van der Waals surface area (Å²) in [6.45, 7) is 1.66. The molecule has 1 amide bonds. The quantitative estimate of drug-likeness (QED) is 0.448. The van der Waals surface area contributed by atoms with Crippen molar-refractivity contribution in [2.24, 2.45) is 0 Å². The zero-order valence-electron chi connectivity index (χ0n) is 14.8. The van der Waals surface area contributed by atoms with E-state index in [-0.39, 0.29) is 18.3 Å². The number of halogens is 2. The summed E-state index contributed by atoms with van der Waals surface area (Å²) in [7, 11) is 0. The van der Waals surface area contributed by atoms with Gasteiger partial charge in [0.25, 0.3) is 0 Å². The van der Waals surface area contributed by atoms with Crippen LogP contribution in [-0.2, 0) is 11.4 Å². The zero-order valence-corrected chi connectivity index (χ0v) is 16.4. The third-order valence-corrected chi connectivity index (χ3v) is 4.96. The van der Waals surface area contributed by atoms with E-state index in [1.54, 1.807) is 43.3 Å². The van der Waals surface area contributed by atoms with Crippen LogP contribution in [0.25, 0.3) is 0 Å². The molecule has 1 unspecified atom stereocenters. The number of para-hydroxylation sites is 1. The Morgan fingerprint density at radius 1 is 1.32 bits per heavy atom. The summed E-state index contributed by atoms with van der Waals surface area (Å²) < 4.78 is 20.2. The summed E-state index contributed by atoms with van der Waals surface area (Å²) in [6.07, 6.45) is 0. The second-order valence-corrected chi connectivity index (χ2v) is 7.49. The molecule has 0 saturated carbocycles. The molecule has 0 aliphatic carbocycles. The topological polar surface area (TPSA) is 95.1 Å². The Morgan fingerprint density at radius 3 is 2.86 bits per heavy atom. The Hall–Kier alpha value is -2.78. The van der Waals surface area contributed by atoms with Crippen LogP contribution in [0.1, 0.15) is 12.7 Å². The lowest BCUT2D eigenvalue weighted by Gasteiger charge is -2.12. The highest BCUT2D eigenvalue weighted by Crippen LogP contribution is 2.23. The number of rotatable bonds is 7. The number of amides is 1. The molecule has 28 heavy (non-hydrogen) atoms. The maximum Gasteiger partial charge on any atom is 0.237 e. The molecule has 0 bridgehead atoms. The summed E-state index contributed by atoms with van der Waals surface area (Å²) in [4.78, 5) is 12.4. The molecule has 3 N–H and O–H groups in total. The Labute approximate surface area is 170 Å². The summed E-state index contributed by atoms with van der Waals surface area (Å²) in [6, 6.07) is 12.9. The maximum atomic E-state index is 13.6. The van der Waals surface area contributed by atoms with Gasteiger partial charge >= 0.3 is 0 Å². The van der Waals surface area contributed by atoms with Crippen molar-refractivity contribution in [3.8, 4) is 5.75 Å². The molecule has 2 aromatic carbocycles. The molecule has 146 valence electrons. The van der Waals surface area contributed by atoms with Crippen molar-refractivity contribution in [3.05, 3.63) is 65.2 Å². The average molecular weight is 422 g/mol. The molecular formula is C18H17ClFN5O2S. The lowest BCUT2D eigenvalue weighted by Crippen LogP contribution is -2.24. The molecular weight excluding hydrogens is 405 g/mol. The first-order valence-electron chi connectivity index (χ1n) is 8.24. The highest BCUT2D eigenvalue weighted by molar-refractivity contribution is 8.00. The Morgan fingerprint density at radius 2 is 2.11 bits per heavy atom. The maximum absolute atomic E-state index is 13.6. The smallest absolute Gasteiger partial charge is 0.237 e. The molecule has 7 nitrogen and oxygen atoms in total. The van der Waals surface area contributed by atoms with E-state index in [0.29, 0.717) is 21.7 Å². The van der Waals surface area contributed by atoms with Gasteiger partial charge in [-0.05, 0) is 37.3 Å². The van der Waals surface area contributed by atoms with Crippen molar-refractivity contribution in [2.45, 2.75) is 23.9 Å². The molecule has 3 rings (SSSR count). The number of hydrogen-bond acceptors (Lipinski definition) is 6. The molecule has 0 aliphatic heterocycles. The SMILES string of the molecule is CC(Sc1nnc(COc2ccccc2F)n1N)C(=O)Nc1cccc(Cl)c1. The van der Waals surface area contributed by atoms with E-state index < -0.39 is 11.1 Å². The number of nitrogens with two attached hydrogens (primary N) is 1. The van der Waals surface area contributed by atoms with Crippen LogP contribution in [0, 0.1) is 5.82 Å². The molecule has 0 aliphatic rings. The monoisotopic (exact) mass is 421 g/mol. The molecule has 3 aromatic rings. The van der Waals surface area contributed by atoms with Crippen LogP contribution in [-0.4, -0.2) is 26.0 Å². The van der Waals surface area contributed by atoms with Crippen LogP contribution in [0.5, 0.6) is 5.75 Å². The van der Waals surface area contributed by atoms with Gasteiger partial charge in [-0.25, -0.2) is 9.07 Å². The first-order chi connectivity index (χ1) is 13.4. The second-order valence-electron chi connectivity index (χ2n) is 5.75. The summed E-state index contributed by atoms with van der Waals surface area (Å²) in [5.74, 6) is 5.65. The lowest BCUT2D eigenvalue weighted by atomic mass is 10.3. The number of benzene rings is 2. The molecule has 0 fully saturated rings. The molecule has 1 atom stereocenters. The van der Waals surface area contributed by atoms with E-state index in [1.165, 1.54) is 16.8 Å². The van der Waals surface area contributed by atoms with Gasteiger partial charge in [-0.3, -0.25) is 4.79 Å². The number of anilines is 1. The zero-order chi connectivity index (χ0) is 20.1. The minimum atomic E-state index is -0.495. The van der Waals surface area contributed by atoms with Gasteiger partial charge in [0, 0.05) is 10.7 Å². The highest BCUT2D eigenvalue weighted by Gasteiger charge is 2.20. The van der Waals surface area contributed by atoms with E-state index in [4.69, 9.17) is 22.2 Å². The predicted octanol–water partition coefficient (Wildman–Crippen LogP) is 3.48. The van der Waals surface area contributed by atoms with Gasteiger partial charge in [0.2, 0.25) is 11.1 Å². The third kappa shape index (κ3) is 4.93. The van der Waals surface area contributed by atoms with E-state index >= 15 is 0 Å². The van der Waals surface area contributed by atoms with Gasteiger partial charge in [-0.15, -0.1) is 10.2 Å². The Bertz CT molecular complexity index is 984. The van der Waals surface area contributed by atoms with E-state index in [0.717, 1.165) is 11.8 Å². The van der Waals surface area contributed by atoms with Crippen LogP contribution in [0.4, 0.5) is 10.1 Å². The number of carbonyl (C=O) groups is 1. The minimum Gasteiger partial charge on any atom is -0.482 e. The number of ether oxygens (including phenoxy) is 1. The highest BCUT2D eigenvalue weighted by atomic mass is 35.5. The van der Waals surface area contributed by atoms with Gasteiger partial charge in [0.05, 0.1) is 5.25 Å². The number of nitrogens with one attached hydrogen (secondary N) is 1. The Balaban J connectivity index is 1.60. The molecule has 1 heterocycles. The van der Waals surface area contributed by atoms with Crippen molar-refractivity contribution in [3.63, 3.8) is 0 Å². The van der Waals surface area contributed by atoms with Crippen molar-refractivity contribution < 1.29 is 13.9 Å². The largest absolute Gasteiger partial charge is 0.482 e. The van der Waals surface area contributed by atoms with Gasteiger partial charge in [-0.2, -0.15) is 0 Å². The average Bonchev–Trinajstić information content (AvgIpc) is 3.01. The summed E-state index contributed by atoms with van der Waals surface area (Å²) >= 11 is 7.05. The normalized spacial score (nSPS) is 11.8. The van der Waals surface area contributed by atoms with Crippen LogP contribution in [0.2, 0.25) is 5.02 Å². The summed E-state index contributed by atoms with van der Waals surface area (Å²) in [5, 5.41) is 11.0. The standard InChI is InChI=1S/C18H17ClFN5O2S/c1-11(17(26)22-13-6-4-5-12(19)9-13)28-18-24-23-16(25(18)21)10-27-15-8-3-2-7-14(15)20/h2-9,11H,10,21H2,1H3,(H,22,26). The predicted molar refractivity (Wildman–Crippen MR) is 106 cm³/mol. The number of nitrogens with zero attached hydrogens (tertiary/aromatic N) is 3. The third-order valence-electron chi connectivity index (χ3n) is 3.67. The van der Waals surface area contributed by atoms with Gasteiger partial charge < -0.3 is 15.9 Å². The number of hydrogen-bond donors (Lipinski definition) is 2. The van der Waals surface area contributed by atoms with Crippen LogP contribution in [0.15, 0.2) is 53.7 Å². The molecule has 0 spiro atoms. The first kappa shape index (κ1) is 20.0. The van der Waals surface area contributed by atoms with Gasteiger partial charge in [0.15, 0.2) is 17.4 Å². The first-order valence-corrected chi connectivity index (χ1v) is 9.49. The number of carbonyl (C=O) groups excluding carboxylic acids is 1. The van der Waals surface area contributed by atoms with Crippen molar-refractivity contribution in [1.82, 2.24) is 14.9 Å². The number of thioether (sulfide) groups is 1. The summed E-state index contributed by atoms with van der Waals surface area (Å²) in [5.41, 5.74) is 0.596. The fourth-order valence-corrected chi connectivity index (χ4v) is 3.19. The number of aromatic nitrogens is 3. The fourth-order valence-electron chi connectivity index (χ4n) is 2.21. The van der Waals surface area contributed by atoms with Crippen molar-refractivity contribution >= 4 is 35.0 Å². The van der Waals surface area contributed by atoms with Crippen molar-refractivity contribution in [2.75, 3.05) is 11.2 Å².